The molecule has 1 aliphatic rings. The van der Waals surface area contributed by atoms with Crippen LogP contribution in [0.5, 0.6) is 0 Å². The molecule has 1 atom stereocenters. The Labute approximate surface area is 194 Å². The molecule has 0 radical (unpaired) electrons. The molecule has 0 spiro atoms. The molecule has 1 aliphatic heterocycles. The number of hydrogen-bond acceptors (Lipinski definition) is 4. The van der Waals surface area contributed by atoms with Crippen molar-refractivity contribution in [1.82, 2.24) is 13.7 Å². The molecule has 0 amide bonds. The minimum absolute atomic E-state index is 0.196. The van der Waals surface area contributed by atoms with Gasteiger partial charge in [0, 0.05) is 24.5 Å². The quantitative estimate of drug-likeness (QED) is 0.425. The first-order chi connectivity index (χ1) is 16.0. The van der Waals surface area contributed by atoms with Crippen LogP contribution in [0.25, 0.3) is 27.8 Å². The fourth-order valence-corrected chi connectivity index (χ4v) is 5.76. The lowest BCUT2D eigenvalue weighted by atomic mass is 10.0. The first kappa shape index (κ1) is 19.8. The molecular formula is C26H22N4O2S. The predicted molar refractivity (Wildman–Crippen MR) is 134 cm³/mol. The lowest BCUT2D eigenvalue weighted by molar-refractivity contribution is 0.709. The number of nitrogens with zero attached hydrogens (tertiary/aromatic N) is 3. The molecule has 3 aromatic heterocycles. The number of thiophene rings is 1. The highest BCUT2D eigenvalue weighted by Crippen LogP contribution is 2.46. The van der Waals surface area contributed by atoms with E-state index >= 15 is 0 Å². The maximum atomic E-state index is 13.6. The molecular weight excluding hydrogens is 432 g/mol. The summed E-state index contributed by atoms with van der Waals surface area (Å²) in [6.07, 6.45) is 0. The second kappa shape index (κ2) is 7.08. The van der Waals surface area contributed by atoms with Crippen LogP contribution in [0.3, 0.4) is 0 Å². The number of aryl methyl sites for hydroxylation is 2. The van der Waals surface area contributed by atoms with Gasteiger partial charge in [0.2, 0.25) is 0 Å². The molecule has 5 aromatic rings. The Kier molecular flexibility index (Phi) is 4.25. The molecule has 0 unspecified atom stereocenters. The third-order valence-electron chi connectivity index (χ3n) is 6.55. The van der Waals surface area contributed by atoms with Crippen molar-refractivity contribution in [1.29, 1.82) is 0 Å². The molecule has 0 aliphatic carbocycles. The predicted octanol–water partition coefficient (Wildman–Crippen LogP) is 4.58. The lowest BCUT2D eigenvalue weighted by Crippen LogP contribution is -2.37. The molecule has 0 bridgehead atoms. The average molecular weight is 455 g/mol. The topological polar surface area (TPSA) is 61.0 Å². The van der Waals surface area contributed by atoms with Crippen LogP contribution in [0.2, 0.25) is 0 Å². The fourth-order valence-electron chi connectivity index (χ4n) is 4.98. The monoisotopic (exact) mass is 454 g/mol. The summed E-state index contributed by atoms with van der Waals surface area (Å²) in [6, 6.07) is 20.1. The van der Waals surface area contributed by atoms with Gasteiger partial charge >= 0.3 is 5.69 Å². The largest absolute Gasteiger partial charge is 0.370 e. The average Bonchev–Trinajstić information content (AvgIpc) is 3.48. The van der Waals surface area contributed by atoms with E-state index in [0.29, 0.717) is 10.9 Å². The Hall–Kier alpha value is -3.84. The van der Waals surface area contributed by atoms with Gasteiger partial charge in [-0.2, -0.15) is 0 Å². The van der Waals surface area contributed by atoms with Gasteiger partial charge in [0.05, 0.1) is 33.7 Å². The molecule has 1 N–H and O–H groups in total. The molecule has 4 heterocycles. The second-order valence-corrected chi connectivity index (χ2v) is 9.40. The van der Waals surface area contributed by atoms with Crippen LogP contribution in [0.1, 0.15) is 22.2 Å². The van der Waals surface area contributed by atoms with E-state index in [9.17, 15) is 9.59 Å². The Morgan fingerprint density at radius 3 is 2.42 bits per heavy atom. The normalized spacial score (nSPS) is 14.7. The number of anilines is 1. The van der Waals surface area contributed by atoms with Crippen molar-refractivity contribution in [2.45, 2.75) is 13.0 Å². The van der Waals surface area contributed by atoms with E-state index in [1.807, 2.05) is 41.8 Å². The van der Waals surface area contributed by atoms with Gasteiger partial charge in [-0.3, -0.25) is 13.9 Å². The van der Waals surface area contributed by atoms with Crippen molar-refractivity contribution >= 4 is 27.9 Å². The van der Waals surface area contributed by atoms with Crippen LogP contribution < -0.4 is 16.6 Å². The van der Waals surface area contributed by atoms with E-state index in [-0.39, 0.29) is 17.3 Å². The van der Waals surface area contributed by atoms with Crippen LogP contribution in [-0.4, -0.2) is 13.7 Å². The number of rotatable bonds is 2. The second-order valence-electron chi connectivity index (χ2n) is 8.42. The Morgan fingerprint density at radius 2 is 1.67 bits per heavy atom. The van der Waals surface area contributed by atoms with Crippen LogP contribution in [-0.2, 0) is 14.1 Å². The Morgan fingerprint density at radius 1 is 0.909 bits per heavy atom. The van der Waals surface area contributed by atoms with Gasteiger partial charge < -0.3 is 9.88 Å². The van der Waals surface area contributed by atoms with Gasteiger partial charge in [-0.25, -0.2) is 4.79 Å². The van der Waals surface area contributed by atoms with E-state index in [1.165, 1.54) is 4.57 Å². The summed E-state index contributed by atoms with van der Waals surface area (Å²) in [7, 11) is 3.30. The highest BCUT2D eigenvalue weighted by atomic mass is 32.1. The van der Waals surface area contributed by atoms with E-state index in [0.717, 1.165) is 38.8 Å². The van der Waals surface area contributed by atoms with Gasteiger partial charge in [-0.05, 0) is 36.1 Å². The highest BCUT2D eigenvalue weighted by molar-refractivity contribution is 7.10. The maximum Gasteiger partial charge on any atom is 0.331 e. The van der Waals surface area contributed by atoms with Crippen molar-refractivity contribution in [3.05, 3.63) is 103 Å². The van der Waals surface area contributed by atoms with Crippen LogP contribution in [0, 0.1) is 6.92 Å². The van der Waals surface area contributed by atoms with E-state index in [2.05, 4.69) is 41.1 Å². The van der Waals surface area contributed by atoms with Gasteiger partial charge in [0.1, 0.15) is 6.04 Å². The van der Waals surface area contributed by atoms with Crippen molar-refractivity contribution in [3.63, 3.8) is 0 Å². The molecule has 2 aromatic carbocycles. The maximum absolute atomic E-state index is 13.6. The zero-order valence-corrected chi connectivity index (χ0v) is 19.3. The smallest absolute Gasteiger partial charge is 0.331 e. The molecule has 7 heteroatoms. The van der Waals surface area contributed by atoms with E-state index in [4.69, 9.17) is 0 Å². The lowest BCUT2D eigenvalue weighted by Gasteiger charge is -2.30. The number of fused-ring (bicyclic) bond motifs is 5. The molecule has 164 valence electrons. The van der Waals surface area contributed by atoms with Crippen LogP contribution in [0.15, 0.2) is 75.6 Å². The van der Waals surface area contributed by atoms with Crippen LogP contribution >= 0.6 is 11.3 Å². The molecule has 6 nitrogen and oxygen atoms in total. The molecule has 6 rings (SSSR count). The minimum Gasteiger partial charge on any atom is -0.370 e. The van der Waals surface area contributed by atoms with Crippen molar-refractivity contribution in [2.75, 3.05) is 5.32 Å². The van der Waals surface area contributed by atoms with Crippen molar-refractivity contribution in [2.24, 2.45) is 14.1 Å². The fraction of sp³-hybridized carbons (Fsp3) is 0.154. The highest BCUT2D eigenvalue weighted by Gasteiger charge is 2.35. The summed E-state index contributed by atoms with van der Waals surface area (Å²) in [5.74, 6) is 0. The third kappa shape index (κ3) is 2.66. The Balaban J connectivity index is 1.91. The van der Waals surface area contributed by atoms with Gasteiger partial charge in [-0.1, -0.05) is 42.5 Å². The SMILES string of the molecule is Cc1ccccc1-c1c2c(=O)n(C)c(=O)n(C)c2c2n1-c1ccccc1N[C@@H]2c1cccs1. The van der Waals surface area contributed by atoms with E-state index in [1.54, 1.807) is 30.0 Å². The van der Waals surface area contributed by atoms with Gasteiger partial charge in [0.15, 0.2) is 0 Å². The first-order valence-electron chi connectivity index (χ1n) is 10.8. The number of nitrogens with one attached hydrogen (secondary N) is 1. The number of aromatic nitrogens is 3. The first-order valence-corrected chi connectivity index (χ1v) is 11.7. The summed E-state index contributed by atoms with van der Waals surface area (Å²) >= 11 is 1.66. The van der Waals surface area contributed by atoms with E-state index < -0.39 is 0 Å². The van der Waals surface area contributed by atoms with Crippen LogP contribution in [0.4, 0.5) is 5.69 Å². The zero-order chi connectivity index (χ0) is 22.9. The minimum atomic E-state index is -0.332. The summed E-state index contributed by atoms with van der Waals surface area (Å²) < 4.78 is 5.00. The summed E-state index contributed by atoms with van der Waals surface area (Å²) in [6.45, 7) is 2.05. The summed E-state index contributed by atoms with van der Waals surface area (Å²) in [5, 5.41) is 6.28. The van der Waals surface area contributed by atoms with Crippen molar-refractivity contribution < 1.29 is 0 Å². The number of para-hydroxylation sites is 2. The third-order valence-corrected chi connectivity index (χ3v) is 7.49. The van der Waals surface area contributed by atoms with Gasteiger partial charge in [-0.15, -0.1) is 11.3 Å². The van der Waals surface area contributed by atoms with Gasteiger partial charge in [0.25, 0.3) is 5.56 Å². The summed E-state index contributed by atoms with van der Waals surface area (Å²) in [5.41, 5.74) is 5.78. The Bertz CT molecular complexity index is 1670. The van der Waals surface area contributed by atoms with Crippen molar-refractivity contribution in [3.8, 4) is 16.9 Å². The number of benzene rings is 2. The molecule has 0 fully saturated rings. The standard InChI is InChI=1S/C26H22N4O2S/c1-15-9-4-5-10-16(15)22-20-23(28(2)26(32)29(3)25(20)31)24-21(19-13-8-14-33-19)27-17-11-6-7-12-18(17)30(22)24/h4-14,21,27H,1-3H3/t21-/m1/s1. The molecule has 0 saturated carbocycles. The molecule has 0 saturated heterocycles. The number of hydrogen-bond donors (Lipinski definition) is 1. The summed E-state index contributed by atoms with van der Waals surface area (Å²) in [4.78, 5) is 27.8. The zero-order valence-electron chi connectivity index (χ0n) is 18.5. The molecule has 33 heavy (non-hydrogen) atoms.